The predicted molar refractivity (Wildman–Crippen MR) is 109 cm³/mol. The Morgan fingerprint density at radius 1 is 1.12 bits per heavy atom. The van der Waals surface area contributed by atoms with Crippen LogP contribution in [0.5, 0.6) is 5.75 Å². The molecule has 2 aromatic carbocycles. The fraction of sp³-hybridized carbons (Fsp3) is 0.143. The summed E-state index contributed by atoms with van der Waals surface area (Å²) < 4.78 is 5.16. The highest BCUT2D eigenvalue weighted by Crippen LogP contribution is 2.27. The number of aliphatic imine (C=N–C) groups is 1. The summed E-state index contributed by atoms with van der Waals surface area (Å²) in [5.74, 6) is 1.31. The van der Waals surface area contributed by atoms with Crippen LogP contribution in [0.1, 0.15) is 11.1 Å². The molecule has 1 amide bonds. The van der Waals surface area contributed by atoms with Crippen molar-refractivity contribution in [3.8, 4) is 5.75 Å². The summed E-state index contributed by atoms with van der Waals surface area (Å²) in [5.41, 5.74) is 2.44. The van der Waals surface area contributed by atoms with E-state index in [0.717, 1.165) is 21.8 Å². The predicted octanol–water partition coefficient (Wildman–Crippen LogP) is 4.31. The number of rotatable bonds is 5. The van der Waals surface area contributed by atoms with Crippen LogP contribution in [0.15, 0.2) is 71.4 Å². The van der Waals surface area contributed by atoms with Gasteiger partial charge in [0, 0.05) is 12.0 Å². The number of thioether (sulfide) groups is 1. The van der Waals surface area contributed by atoms with Gasteiger partial charge in [-0.2, -0.15) is 0 Å². The first-order valence-electron chi connectivity index (χ1n) is 8.16. The van der Waals surface area contributed by atoms with Crippen molar-refractivity contribution in [1.29, 1.82) is 0 Å². The molecule has 1 aliphatic heterocycles. The second-order valence-corrected chi connectivity index (χ2v) is 6.56. The lowest BCUT2D eigenvalue weighted by molar-refractivity contribution is -0.121. The van der Waals surface area contributed by atoms with Crippen molar-refractivity contribution >= 4 is 34.5 Å². The van der Waals surface area contributed by atoms with Crippen molar-refractivity contribution in [3.05, 3.63) is 77.5 Å². The second kappa shape index (κ2) is 8.06. The molecule has 0 bridgehead atoms. The molecule has 0 fully saturated rings. The van der Waals surface area contributed by atoms with E-state index >= 15 is 0 Å². The third-order valence-electron chi connectivity index (χ3n) is 4.06. The van der Waals surface area contributed by atoms with Crippen molar-refractivity contribution in [3.63, 3.8) is 0 Å². The summed E-state index contributed by atoms with van der Waals surface area (Å²) in [6.45, 7) is 0. The monoisotopic (exact) mass is 364 g/mol. The number of methoxy groups -OCH3 is 1. The van der Waals surface area contributed by atoms with Gasteiger partial charge in [-0.15, -0.1) is 11.8 Å². The number of ether oxygens (including phenoxy) is 1. The summed E-state index contributed by atoms with van der Waals surface area (Å²) in [7, 11) is 3.37. The first kappa shape index (κ1) is 18.0. The molecule has 0 saturated carbocycles. The van der Waals surface area contributed by atoms with Gasteiger partial charge >= 0.3 is 0 Å². The molecule has 132 valence electrons. The van der Waals surface area contributed by atoms with Crippen LogP contribution in [0.25, 0.3) is 11.0 Å². The minimum Gasteiger partial charge on any atom is -0.497 e. The molecule has 0 aromatic heterocycles. The van der Waals surface area contributed by atoms with Gasteiger partial charge in [-0.05, 0) is 41.7 Å². The van der Waals surface area contributed by atoms with Crippen LogP contribution in [0, 0.1) is 0 Å². The topological polar surface area (TPSA) is 41.9 Å². The summed E-state index contributed by atoms with van der Waals surface area (Å²) in [4.78, 5) is 19.7. The van der Waals surface area contributed by atoms with Gasteiger partial charge in [0.1, 0.15) is 17.3 Å². The zero-order chi connectivity index (χ0) is 18.5. The normalized spacial score (nSPS) is 16.2. The lowest BCUT2D eigenvalue weighted by Gasteiger charge is -2.10. The highest BCUT2D eigenvalue weighted by molar-refractivity contribution is 8.07. The van der Waals surface area contributed by atoms with Gasteiger partial charge in [-0.1, -0.05) is 42.5 Å². The minimum atomic E-state index is -0.111. The van der Waals surface area contributed by atoms with Crippen molar-refractivity contribution in [2.75, 3.05) is 20.4 Å². The molecule has 4 nitrogen and oxygen atoms in total. The smallest absolute Gasteiger partial charge is 0.277 e. The van der Waals surface area contributed by atoms with E-state index < -0.39 is 0 Å². The molecule has 0 saturated heterocycles. The van der Waals surface area contributed by atoms with E-state index in [0.29, 0.717) is 11.5 Å². The van der Waals surface area contributed by atoms with Gasteiger partial charge in [-0.3, -0.25) is 9.69 Å². The standard InChI is InChI=1S/C21H20N2O2S/c1-23-20(14-19(26-3)16-7-5-4-6-8-16)22-18(21(23)24)13-15-9-11-17(25-2)12-10-15/h4-14H,1-3H3/b18-13-,19-14?. The van der Waals surface area contributed by atoms with E-state index in [9.17, 15) is 4.79 Å². The zero-order valence-electron chi connectivity index (χ0n) is 15.0. The first-order chi connectivity index (χ1) is 12.6. The summed E-state index contributed by atoms with van der Waals surface area (Å²) in [6.07, 6.45) is 5.76. The van der Waals surface area contributed by atoms with Gasteiger partial charge in [0.25, 0.3) is 5.91 Å². The van der Waals surface area contributed by atoms with E-state index in [-0.39, 0.29) is 5.91 Å². The first-order valence-corrected chi connectivity index (χ1v) is 9.38. The summed E-state index contributed by atoms with van der Waals surface area (Å²) in [6, 6.07) is 17.6. The Bertz CT molecular complexity index is 884. The van der Waals surface area contributed by atoms with Gasteiger partial charge < -0.3 is 4.74 Å². The van der Waals surface area contributed by atoms with Crippen LogP contribution < -0.4 is 4.74 Å². The molecule has 0 aliphatic carbocycles. The maximum atomic E-state index is 12.5. The lowest BCUT2D eigenvalue weighted by Crippen LogP contribution is -2.26. The number of amidine groups is 1. The highest BCUT2D eigenvalue weighted by atomic mass is 32.2. The van der Waals surface area contributed by atoms with Crippen LogP contribution in [-0.4, -0.2) is 37.1 Å². The fourth-order valence-electron chi connectivity index (χ4n) is 2.58. The Morgan fingerprint density at radius 3 is 2.42 bits per heavy atom. The second-order valence-electron chi connectivity index (χ2n) is 5.72. The molecule has 2 aromatic rings. The Kier molecular flexibility index (Phi) is 5.58. The van der Waals surface area contributed by atoms with Gasteiger partial charge in [0.15, 0.2) is 0 Å². The van der Waals surface area contributed by atoms with Crippen molar-refractivity contribution in [2.45, 2.75) is 0 Å². The number of benzene rings is 2. The molecule has 5 heteroatoms. The molecule has 0 unspecified atom stereocenters. The van der Waals surface area contributed by atoms with Crippen molar-refractivity contribution < 1.29 is 9.53 Å². The Balaban J connectivity index is 1.92. The highest BCUT2D eigenvalue weighted by Gasteiger charge is 2.25. The third kappa shape index (κ3) is 3.89. The van der Waals surface area contributed by atoms with E-state index in [2.05, 4.69) is 4.99 Å². The molecule has 0 N–H and O–H groups in total. The summed E-state index contributed by atoms with van der Waals surface area (Å²) in [5, 5.41) is 0. The lowest BCUT2D eigenvalue weighted by atomic mass is 10.2. The molecule has 0 atom stereocenters. The largest absolute Gasteiger partial charge is 0.497 e. The molecule has 26 heavy (non-hydrogen) atoms. The third-order valence-corrected chi connectivity index (χ3v) is 4.85. The van der Waals surface area contributed by atoms with Crippen LogP contribution >= 0.6 is 11.8 Å². The SMILES string of the molecule is COc1ccc(/C=C2\N=C(C=C(SC)c3ccccc3)N(C)C2=O)cc1. The van der Waals surface area contributed by atoms with Crippen LogP contribution in [-0.2, 0) is 4.79 Å². The zero-order valence-corrected chi connectivity index (χ0v) is 15.8. The number of amides is 1. The maximum Gasteiger partial charge on any atom is 0.277 e. The quantitative estimate of drug-likeness (QED) is 0.743. The number of hydrogen-bond donors (Lipinski definition) is 0. The number of hydrogen-bond acceptors (Lipinski definition) is 4. The molecule has 3 rings (SSSR count). The van der Waals surface area contributed by atoms with Crippen molar-refractivity contribution in [2.24, 2.45) is 4.99 Å². The molecule has 1 aliphatic rings. The molecular weight excluding hydrogens is 344 g/mol. The molecule has 1 heterocycles. The van der Waals surface area contributed by atoms with Gasteiger partial charge in [-0.25, -0.2) is 4.99 Å². The van der Waals surface area contributed by atoms with E-state index in [4.69, 9.17) is 4.74 Å². The van der Waals surface area contributed by atoms with E-state index in [1.165, 1.54) is 0 Å². The molecular formula is C21H20N2O2S. The fourth-order valence-corrected chi connectivity index (χ4v) is 3.18. The summed E-state index contributed by atoms with van der Waals surface area (Å²) >= 11 is 1.63. The molecule has 0 spiro atoms. The Morgan fingerprint density at radius 2 is 1.81 bits per heavy atom. The van der Waals surface area contributed by atoms with E-state index in [1.54, 1.807) is 36.9 Å². The maximum absolute atomic E-state index is 12.5. The average molecular weight is 364 g/mol. The van der Waals surface area contributed by atoms with Gasteiger partial charge in [0.05, 0.1) is 7.11 Å². The number of carbonyl (C=O) groups excluding carboxylic acids is 1. The van der Waals surface area contributed by atoms with E-state index in [1.807, 2.05) is 66.9 Å². The Hall–Kier alpha value is -2.79. The number of carbonyl (C=O) groups is 1. The minimum absolute atomic E-state index is 0.111. The molecule has 0 radical (unpaired) electrons. The Labute approximate surface area is 157 Å². The average Bonchev–Trinajstić information content (AvgIpc) is 2.95. The van der Waals surface area contributed by atoms with Crippen LogP contribution in [0.3, 0.4) is 0 Å². The van der Waals surface area contributed by atoms with Gasteiger partial charge in [0.2, 0.25) is 0 Å². The number of nitrogens with zero attached hydrogens (tertiary/aromatic N) is 2. The van der Waals surface area contributed by atoms with Crippen LogP contribution in [0.2, 0.25) is 0 Å². The van der Waals surface area contributed by atoms with Crippen molar-refractivity contribution in [1.82, 2.24) is 4.90 Å². The number of likely N-dealkylation sites (N-methyl/N-ethyl adjacent to an activating group) is 1. The van der Waals surface area contributed by atoms with Crippen LogP contribution in [0.4, 0.5) is 0 Å².